The Bertz CT molecular complexity index is 823. The minimum absolute atomic E-state index is 0.889. The lowest BCUT2D eigenvalue weighted by Crippen LogP contribution is -1.73. The summed E-state index contributed by atoms with van der Waals surface area (Å²) in [6, 6.07) is 13.2. The van der Waals surface area contributed by atoms with Crippen LogP contribution in [0.1, 0.15) is 4.88 Å². The summed E-state index contributed by atoms with van der Waals surface area (Å²) in [5.41, 5.74) is 5.92. The molecule has 2 N–H and O–H groups in total. The molecule has 0 unspecified atom stereocenters. The van der Waals surface area contributed by atoms with Crippen LogP contribution in [0.15, 0.2) is 36.4 Å². The van der Waals surface area contributed by atoms with Crippen LogP contribution in [0.4, 0.5) is 5.00 Å². The zero-order valence-electron chi connectivity index (χ0n) is 9.86. The van der Waals surface area contributed by atoms with Crippen LogP contribution in [0.3, 0.4) is 0 Å². The first kappa shape index (κ1) is 10.4. The van der Waals surface area contributed by atoms with E-state index in [1.165, 1.54) is 35.8 Å². The van der Waals surface area contributed by atoms with Crippen molar-refractivity contribution in [3.05, 3.63) is 41.3 Å². The maximum absolute atomic E-state index is 5.92. The number of fused-ring (bicyclic) bond motifs is 5. The maximum atomic E-state index is 5.92. The fourth-order valence-electron chi connectivity index (χ4n) is 2.55. The second-order valence-electron chi connectivity index (χ2n) is 4.57. The van der Waals surface area contributed by atoms with Gasteiger partial charge in [-0.05, 0) is 29.8 Å². The summed E-state index contributed by atoms with van der Waals surface area (Å²) >= 11 is 3.55. The van der Waals surface area contributed by atoms with Crippen molar-refractivity contribution in [2.75, 3.05) is 5.73 Å². The van der Waals surface area contributed by atoms with E-state index in [0.717, 1.165) is 5.00 Å². The molecule has 2 heterocycles. The minimum atomic E-state index is 0.889. The molecule has 4 rings (SSSR count). The second kappa shape index (κ2) is 3.46. The van der Waals surface area contributed by atoms with E-state index in [1.807, 2.05) is 11.3 Å². The zero-order valence-corrected chi connectivity index (χ0v) is 11.5. The molecule has 0 bridgehead atoms. The first-order valence-corrected chi connectivity index (χ1v) is 7.46. The summed E-state index contributed by atoms with van der Waals surface area (Å²) in [4.78, 5) is 1.36. The molecule has 0 aliphatic carbocycles. The average molecular weight is 269 g/mol. The Morgan fingerprint density at radius 1 is 0.833 bits per heavy atom. The molecule has 0 atom stereocenters. The molecule has 2 aromatic heterocycles. The van der Waals surface area contributed by atoms with Crippen LogP contribution >= 0.6 is 22.7 Å². The molecule has 4 aromatic rings. The van der Waals surface area contributed by atoms with E-state index in [1.54, 1.807) is 11.3 Å². The van der Waals surface area contributed by atoms with Gasteiger partial charge in [-0.25, -0.2) is 0 Å². The third kappa shape index (κ3) is 1.32. The van der Waals surface area contributed by atoms with Crippen LogP contribution in [-0.4, -0.2) is 0 Å². The number of aryl methyl sites for hydroxylation is 1. The molecular formula is C15H11NS2. The third-order valence-corrected chi connectivity index (χ3v) is 5.42. The highest BCUT2D eigenvalue weighted by Crippen LogP contribution is 2.39. The molecule has 0 aliphatic heterocycles. The maximum Gasteiger partial charge on any atom is 0.0869 e. The summed E-state index contributed by atoms with van der Waals surface area (Å²) in [5, 5.41) is 6.15. The number of hydrogen-bond donors (Lipinski definition) is 1. The summed E-state index contributed by atoms with van der Waals surface area (Å²) < 4.78 is 2.69. The molecule has 18 heavy (non-hydrogen) atoms. The highest BCUT2D eigenvalue weighted by Gasteiger charge is 2.08. The molecule has 1 nitrogen and oxygen atoms in total. The van der Waals surface area contributed by atoms with Crippen molar-refractivity contribution < 1.29 is 0 Å². The van der Waals surface area contributed by atoms with Crippen molar-refractivity contribution in [3.63, 3.8) is 0 Å². The Morgan fingerprint density at radius 2 is 1.44 bits per heavy atom. The Morgan fingerprint density at radius 3 is 2.17 bits per heavy atom. The number of benzene rings is 2. The predicted molar refractivity (Wildman–Crippen MR) is 83.9 cm³/mol. The van der Waals surface area contributed by atoms with Crippen molar-refractivity contribution in [1.29, 1.82) is 0 Å². The molecular weight excluding hydrogens is 258 g/mol. The normalized spacial score (nSPS) is 11.8. The van der Waals surface area contributed by atoms with Gasteiger partial charge in [0.2, 0.25) is 0 Å². The van der Waals surface area contributed by atoms with Gasteiger partial charge >= 0.3 is 0 Å². The van der Waals surface area contributed by atoms with Crippen LogP contribution in [-0.2, 0) is 0 Å². The number of nitrogens with two attached hydrogens (primary N) is 1. The average Bonchev–Trinajstić information content (AvgIpc) is 2.89. The quantitative estimate of drug-likeness (QED) is 0.469. The Kier molecular flexibility index (Phi) is 1.99. The molecule has 0 saturated heterocycles. The molecule has 88 valence electrons. The number of thiophene rings is 2. The van der Waals surface area contributed by atoms with Gasteiger partial charge in [-0.1, -0.05) is 24.3 Å². The highest BCUT2D eigenvalue weighted by molar-refractivity contribution is 7.24. The lowest BCUT2D eigenvalue weighted by molar-refractivity contribution is 1.66. The molecule has 0 amide bonds. The minimum Gasteiger partial charge on any atom is -0.391 e. The second-order valence-corrected chi connectivity index (χ2v) is 6.91. The van der Waals surface area contributed by atoms with Crippen molar-refractivity contribution in [2.45, 2.75) is 6.92 Å². The van der Waals surface area contributed by atoms with Crippen LogP contribution in [0, 0.1) is 6.92 Å². The molecule has 2 aromatic carbocycles. The molecule has 0 spiro atoms. The van der Waals surface area contributed by atoms with E-state index < -0.39 is 0 Å². The van der Waals surface area contributed by atoms with Gasteiger partial charge in [-0.3, -0.25) is 0 Å². The lowest BCUT2D eigenvalue weighted by Gasteiger charge is -2.00. The summed E-state index contributed by atoms with van der Waals surface area (Å²) in [6.07, 6.45) is 0. The van der Waals surface area contributed by atoms with Crippen molar-refractivity contribution in [1.82, 2.24) is 0 Å². The summed E-state index contributed by atoms with van der Waals surface area (Å²) in [7, 11) is 0. The molecule has 3 heteroatoms. The van der Waals surface area contributed by atoms with Gasteiger partial charge in [0.1, 0.15) is 0 Å². The SMILES string of the molecule is Cc1cc2ccc3c(ccc4cc(N)sc43)c2s1. The van der Waals surface area contributed by atoms with Crippen molar-refractivity contribution >= 4 is 58.6 Å². The monoisotopic (exact) mass is 269 g/mol. The number of anilines is 1. The van der Waals surface area contributed by atoms with E-state index in [0.29, 0.717) is 0 Å². The van der Waals surface area contributed by atoms with E-state index in [4.69, 9.17) is 5.73 Å². The number of rotatable bonds is 0. The van der Waals surface area contributed by atoms with Crippen LogP contribution in [0.25, 0.3) is 30.9 Å². The predicted octanol–water partition coefficient (Wildman–Crippen LogP) is 5.16. The molecule has 0 aliphatic rings. The van der Waals surface area contributed by atoms with Gasteiger partial charge in [0.15, 0.2) is 0 Å². The van der Waals surface area contributed by atoms with Gasteiger partial charge in [0, 0.05) is 25.0 Å². The standard InChI is InChI=1S/C15H11NS2/c1-8-6-9-2-4-12-11(14(9)17-8)5-3-10-7-13(16)18-15(10)12/h2-7H,16H2,1H3. The molecule has 0 fully saturated rings. The van der Waals surface area contributed by atoms with E-state index in [-0.39, 0.29) is 0 Å². The summed E-state index contributed by atoms with van der Waals surface area (Å²) in [5.74, 6) is 0. The van der Waals surface area contributed by atoms with Crippen LogP contribution in [0.2, 0.25) is 0 Å². The third-order valence-electron chi connectivity index (χ3n) is 3.30. The van der Waals surface area contributed by atoms with Crippen molar-refractivity contribution in [3.8, 4) is 0 Å². The van der Waals surface area contributed by atoms with Gasteiger partial charge < -0.3 is 5.73 Å². The summed E-state index contributed by atoms with van der Waals surface area (Å²) in [6.45, 7) is 2.16. The van der Waals surface area contributed by atoms with Crippen LogP contribution < -0.4 is 5.73 Å². The van der Waals surface area contributed by atoms with Gasteiger partial charge in [-0.2, -0.15) is 0 Å². The Labute approximate surface area is 112 Å². The zero-order chi connectivity index (χ0) is 12.3. The van der Waals surface area contributed by atoms with Gasteiger partial charge in [-0.15, -0.1) is 22.7 Å². The number of nitrogen functional groups attached to an aromatic ring is 1. The Balaban J connectivity index is 2.29. The van der Waals surface area contributed by atoms with E-state index in [2.05, 4.69) is 43.3 Å². The lowest BCUT2D eigenvalue weighted by atomic mass is 10.1. The highest BCUT2D eigenvalue weighted by atomic mass is 32.1. The fraction of sp³-hybridized carbons (Fsp3) is 0.0667. The largest absolute Gasteiger partial charge is 0.391 e. The smallest absolute Gasteiger partial charge is 0.0869 e. The van der Waals surface area contributed by atoms with Crippen LogP contribution in [0.5, 0.6) is 0 Å². The Hall–Kier alpha value is -1.58. The van der Waals surface area contributed by atoms with E-state index >= 15 is 0 Å². The molecule has 0 radical (unpaired) electrons. The van der Waals surface area contributed by atoms with Crippen molar-refractivity contribution in [2.24, 2.45) is 0 Å². The first-order valence-electron chi connectivity index (χ1n) is 5.83. The first-order chi connectivity index (χ1) is 8.72. The molecule has 0 saturated carbocycles. The number of hydrogen-bond acceptors (Lipinski definition) is 3. The van der Waals surface area contributed by atoms with Gasteiger partial charge in [0.25, 0.3) is 0 Å². The fourth-order valence-corrected chi connectivity index (χ4v) is 4.54. The topological polar surface area (TPSA) is 26.0 Å². The van der Waals surface area contributed by atoms with Gasteiger partial charge in [0.05, 0.1) is 5.00 Å². The van der Waals surface area contributed by atoms with E-state index in [9.17, 15) is 0 Å².